The Morgan fingerprint density at radius 2 is 1.79 bits per heavy atom. The molecule has 1 N–H and O–H groups in total. The van der Waals surface area contributed by atoms with E-state index in [1.54, 1.807) is 23.1 Å². The van der Waals surface area contributed by atoms with Crippen molar-refractivity contribution in [2.45, 2.75) is 31.9 Å². The fourth-order valence-corrected chi connectivity index (χ4v) is 5.09. The number of carbonyl (C=O) groups is 2. The summed E-state index contributed by atoms with van der Waals surface area (Å²) in [5.41, 5.74) is 3.69. The van der Waals surface area contributed by atoms with Gasteiger partial charge in [0, 0.05) is 44.8 Å². The molecule has 0 saturated carbocycles. The second-order valence-corrected chi connectivity index (χ2v) is 9.22. The lowest BCUT2D eigenvalue weighted by molar-refractivity contribution is 0.0501. The Labute approximate surface area is 194 Å². The molecule has 3 heterocycles. The molecule has 3 aliphatic heterocycles. The van der Waals surface area contributed by atoms with Crippen LogP contribution in [0.2, 0.25) is 0 Å². The Hall–Kier alpha value is -2.90. The Bertz CT molecular complexity index is 1030. The highest BCUT2D eigenvalue weighted by atomic mass is 16.5. The molecule has 2 aromatic rings. The highest BCUT2D eigenvalue weighted by Gasteiger charge is 2.28. The van der Waals surface area contributed by atoms with E-state index in [0.29, 0.717) is 36.6 Å². The molecule has 1 unspecified atom stereocenters. The van der Waals surface area contributed by atoms with Crippen LogP contribution in [0.4, 0.5) is 0 Å². The van der Waals surface area contributed by atoms with Crippen LogP contribution in [0, 0.1) is 0 Å². The first-order valence-electron chi connectivity index (χ1n) is 11.9. The van der Waals surface area contributed by atoms with Gasteiger partial charge in [0.1, 0.15) is 12.4 Å². The molecule has 7 heteroatoms. The first-order chi connectivity index (χ1) is 16.1. The molecule has 2 amide bonds. The fraction of sp³-hybridized carbons (Fsp3) is 0.462. The van der Waals surface area contributed by atoms with E-state index in [1.165, 1.54) is 11.1 Å². The predicted molar refractivity (Wildman–Crippen MR) is 124 cm³/mol. The maximum Gasteiger partial charge on any atom is 0.257 e. The number of hydrogen-bond acceptors (Lipinski definition) is 5. The van der Waals surface area contributed by atoms with E-state index in [0.717, 1.165) is 45.4 Å². The van der Waals surface area contributed by atoms with Crippen LogP contribution in [0.15, 0.2) is 42.5 Å². The van der Waals surface area contributed by atoms with Gasteiger partial charge in [0.15, 0.2) is 0 Å². The summed E-state index contributed by atoms with van der Waals surface area (Å²) < 4.78 is 5.85. The van der Waals surface area contributed by atoms with Crippen molar-refractivity contribution >= 4 is 11.8 Å². The van der Waals surface area contributed by atoms with Gasteiger partial charge >= 0.3 is 0 Å². The predicted octanol–water partition coefficient (Wildman–Crippen LogP) is 2.18. The third-order valence-corrected chi connectivity index (χ3v) is 6.87. The minimum absolute atomic E-state index is 0.00835. The number of benzene rings is 2. The molecule has 0 aliphatic carbocycles. The van der Waals surface area contributed by atoms with Gasteiger partial charge in [-0.05, 0) is 48.6 Å². The van der Waals surface area contributed by atoms with Crippen molar-refractivity contribution < 1.29 is 19.4 Å². The number of carbonyl (C=O) groups excluding carboxylic acids is 2. The Morgan fingerprint density at radius 3 is 2.61 bits per heavy atom. The van der Waals surface area contributed by atoms with Crippen LogP contribution in [0.1, 0.15) is 44.7 Å². The van der Waals surface area contributed by atoms with Crippen molar-refractivity contribution in [2.75, 3.05) is 45.9 Å². The van der Waals surface area contributed by atoms with E-state index in [9.17, 15) is 14.7 Å². The van der Waals surface area contributed by atoms with Crippen molar-refractivity contribution in [3.8, 4) is 5.75 Å². The van der Waals surface area contributed by atoms with Gasteiger partial charge in [0.25, 0.3) is 11.8 Å². The van der Waals surface area contributed by atoms with Crippen molar-refractivity contribution in [3.05, 3.63) is 64.7 Å². The van der Waals surface area contributed by atoms with Gasteiger partial charge < -0.3 is 19.6 Å². The topological polar surface area (TPSA) is 73.3 Å². The summed E-state index contributed by atoms with van der Waals surface area (Å²) in [6.07, 6.45) is 2.40. The molecule has 33 heavy (non-hydrogen) atoms. The third kappa shape index (κ3) is 4.75. The van der Waals surface area contributed by atoms with Crippen molar-refractivity contribution in [2.24, 2.45) is 0 Å². The molecule has 0 bridgehead atoms. The molecule has 0 aromatic heterocycles. The van der Waals surface area contributed by atoms with Crippen LogP contribution in [0.3, 0.4) is 0 Å². The zero-order chi connectivity index (χ0) is 22.8. The van der Waals surface area contributed by atoms with E-state index < -0.39 is 6.10 Å². The average Bonchev–Trinajstić information content (AvgIpc) is 3.32. The molecule has 1 fully saturated rings. The molecule has 174 valence electrons. The lowest BCUT2D eigenvalue weighted by Crippen LogP contribution is -2.44. The van der Waals surface area contributed by atoms with E-state index >= 15 is 0 Å². The maximum absolute atomic E-state index is 13.2. The molecular formula is C26H31N3O4. The molecular weight excluding hydrogens is 418 g/mol. The maximum atomic E-state index is 13.2. The van der Waals surface area contributed by atoms with E-state index in [1.807, 2.05) is 4.90 Å². The number of fused-ring (bicyclic) bond motifs is 2. The number of β-amino-alcohol motifs (C(OH)–C–C–N with tert-alkyl or cyclic N) is 1. The molecule has 1 saturated heterocycles. The zero-order valence-electron chi connectivity index (χ0n) is 18.9. The van der Waals surface area contributed by atoms with Crippen LogP contribution in [0.25, 0.3) is 0 Å². The average molecular weight is 450 g/mol. The van der Waals surface area contributed by atoms with Crippen LogP contribution in [-0.4, -0.2) is 83.6 Å². The van der Waals surface area contributed by atoms with E-state index in [-0.39, 0.29) is 18.4 Å². The summed E-state index contributed by atoms with van der Waals surface area (Å²) in [6, 6.07) is 13.5. The second-order valence-electron chi connectivity index (χ2n) is 9.22. The van der Waals surface area contributed by atoms with Gasteiger partial charge in [0.05, 0.1) is 18.2 Å². The number of rotatable bonds is 5. The van der Waals surface area contributed by atoms with Gasteiger partial charge in [-0.2, -0.15) is 0 Å². The summed E-state index contributed by atoms with van der Waals surface area (Å²) in [7, 11) is 0. The number of aliphatic hydroxyl groups excluding tert-OH is 1. The SMILES string of the molecule is O=C(c1ccc2c(c1)OCCN(CC(O)CN1CCc3ccccc3C1)C2=O)N1CCCC1. The molecule has 2 aromatic carbocycles. The summed E-state index contributed by atoms with van der Waals surface area (Å²) in [4.78, 5) is 31.7. The quantitative estimate of drug-likeness (QED) is 0.758. The molecule has 7 nitrogen and oxygen atoms in total. The highest BCUT2D eigenvalue weighted by molar-refractivity contribution is 6.00. The molecule has 5 rings (SSSR count). The normalized spacial score (nSPS) is 19.5. The summed E-state index contributed by atoms with van der Waals surface area (Å²) in [6.45, 7) is 4.81. The lowest BCUT2D eigenvalue weighted by atomic mass is 10.00. The minimum atomic E-state index is -0.642. The number of aliphatic hydroxyl groups is 1. The first kappa shape index (κ1) is 21.9. The number of amides is 2. The summed E-state index contributed by atoms with van der Waals surface area (Å²) >= 11 is 0. The van der Waals surface area contributed by atoms with E-state index in [4.69, 9.17) is 4.74 Å². The number of ether oxygens (including phenoxy) is 1. The van der Waals surface area contributed by atoms with E-state index in [2.05, 4.69) is 29.2 Å². The first-order valence-corrected chi connectivity index (χ1v) is 11.9. The Balaban J connectivity index is 1.22. The largest absolute Gasteiger partial charge is 0.491 e. The standard InChI is InChI=1S/C26H31N3O4/c30-22(17-27-12-9-19-5-1-2-6-21(19)16-27)18-29-13-14-33-24-15-20(7-8-23(24)26(29)32)25(31)28-10-3-4-11-28/h1-2,5-8,15,22,30H,3-4,9-14,16-18H2. The summed E-state index contributed by atoms with van der Waals surface area (Å²) in [5.74, 6) is 0.284. The number of hydrogen-bond donors (Lipinski definition) is 1. The smallest absolute Gasteiger partial charge is 0.257 e. The Kier molecular flexibility index (Phi) is 6.33. The molecule has 0 spiro atoms. The monoisotopic (exact) mass is 449 g/mol. The fourth-order valence-electron chi connectivity index (χ4n) is 5.09. The van der Waals surface area contributed by atoms with Crippen molar-refractivity contribution in [1.82, 2.24) is 14.7 Å². The third-order valence-electron chi connectivity index (χ3n) is 6.87. The van der Waals surface area contributed by atoms with Gasteiger partial charge in [-0.25, -0.2) is 0 Å². The number of likely N-dealkylation sites (tertiary alicyclic amines) is 1. The Morgan fingerprint density at radius 1 is 1.00 bits per heavy atom. The van der Waals surface area contributed by atoms with Crippen molar-refractivity contribution in [3.63, 3.8) is 0 Å². The number of nitrogens with zero attached hydrogens (tertiary/aromatic N) is 3. The van der Waals surface area contributed by atoms with Gasteiger partial charge in [-0.3, -0.25) is 14.5 Å². The van der Waals surface area contributed by atoms with Crippen LogP contribution < -0.4 is 4.74 Å². The van der Waals surface area contributed by atoms with Gasteiger partial charge in [-0.1, -0.05) is 24.3 Å². The summed E-state index contributed by atoms with van der Waals surface area (Å²) in [5, 5.41) is 10.8. The van der Waals surface area contributed by atoms with Crippen LogP contribution in [-0.2, 0) is 13.0 Å². The highest BCUT2D eigenvalue weighted by Crippen LogP contribution is 2.26. The second kappa shape index (κ2) is 9.53. The molecule has 3 aliphatic rings. The lowest BCUT2D eigenvalue weighted by Gasteiger charge is -2.32. The van der Waals surface area contributed by atoms with Crippen LogP contribution >= 0.6 is 0 Å². The van der Waals surface area contributed by atoms with Crippen LogP contribution in [0.5, 0.6) is 5.75 Å². The molecule has 0 radical (unpaired) electrons. The van der Waals surface area contributed by atoms with Crippen molar-refractivity contribution in [1.29, 1.82) is 0 Å². The van der Waals surface area contributed by atoms with Gasteiger partial charge in [-0.15, -0.1) is 0 Å². The zero-order valence-corrected chi connectivity index (χ0v) is 18.9. The molecule has 1 atom stereocenters. The van der Waals surface area contributed by atoms with Gasteiger partial charge in [0.2, 0.25) is 0 Å². The minimum Gasteiger partial charge on any atom is -0.491 e.